The van der Waals surface area contributed by atoms with Crippen molar-refractivity contribution in [2.75, 3.05) is 13.7 Å². The van der Waals surface area contributed by atoms with Gasteiger partial charge in [0.25, 0.3) is 5.91 Å². The summed E-state index contributed by atoms with van der Waals surface area (Å²) in [5, 5.41) is 2.84. The van der Waals surface area contributed by atoms with Gasteiger partial charge in [-0.1, -0.05) is 0 Å². The van der Waals surface area contributed by atoms with Gasteiger partial charge in [-0.2, -0.15) is 0 Å². The lowest BCUT2D eigenvalue weighted by Gasteiger charge is -2.09. The molecule has 26 heavy (non-hydrogen) atoms. The van der Waals surface area contributed by atoms with E-state index in [1.54, 1.807) is 50.0 Å². The van der Waals surface area contributed by atoms with Gasteiger partial charge < -0.3 is 14.8 Å². The van der Waals surface area contributed by atoms with Crippen LogP contribution in [0.25, 0.3) is 11.3 Å². The molecule has 3 rings (SSSR count). The summed E-state index contributed by atoms with van der Waals surface area (Å²) in [6.07, 6.45) is 5.18. The Labute approximate surface area is 151 Å². The number of aromatic nitrogens is 2. The minimum atomic E-state index is -0.192. The molecule has 6 nitrogen and oxygen atoms in total. The molecule has 6 heteroatoms. The average molecular weight is 349 g/mol. The number of amides is 1. The molecule has 0 unspecified atom stereocenters. The van der Waals surface area contributed by atoms with Gasteiger partial charge in [-0.15, -0.1) is 0 Å². The van der Waals surface area contributed by atoms with Crippen LogP contribution in [-0.4, -0.2) is 29.6 Å². The quantitative estimate of drug-likeness (QED) is 0.710. The number of methoxy groups -OCH3 is 1. The van der Waals surface area contributed by atoms with E-state index < -0.39 is 0 Å². The third kappa shape index (κ3) is 4.80. The minimum absolute atomic E-state index is 0.0470. The first kappa shape index (κ1) is 17.4. The molecular formula is C20H19N3O3. The number of hydrogen-bond donors (Lipinski definition) is 1. The number of rotatable bonds is 7. The Bertz CT molecular complexity index is 852. The molecule has 0 radical (unpaired) electrons. The van der Waals surface area contributed by atoms with E-state index in [9.17, 15) is 4.79 Å². The van der Waals surface area contributed by atoms with Crippen LogP contribution in [0.1, 0.15) is 5.56 Å². The zero-order valence-corrected chi connectivity index (χ0v) is 14.4. The molecule has 0 fully saturated rings. The lowest BCUT2D eigenvalue weighted by atomic mass is 10.1. The number of carbonyl (C=O) groups is 1. The van der Waals surface area contributed by atoms with E-state index in [0.717, 1.165) is 22.6 Å². The molecule has 0 bridgehead atoms. The van der Waals surface area contributed by atoms with Crippen LogP contribution < -0.4 is 14.8 Å². The molecule has 0 aliphatic carbocycles. The van der Waals surface area contributed by atoms with Crippen LogP contribution >= 0.6 is 0 Å². The molecular weight excluding hydrogens is 330 g/mol. The Hall–Kier alpha value is -3.41. The number of nitrogens with one attached hydrogen (secondary N) is 1. The van der Waals surface area contributed by atoms with Crippen LogP contribution in [0.3, 0.4) is 0 Å². The number of benzene rings is 1. The van der Waals surface area contributed by atoms with Crippen LogP contribution in [0.2, 0.25) is 0 Å². The molecule has 0 saturated heterocycles. The Morgan fingerprint density at radius 3 is 2.46 bits per heavy atom. The topological polar surface area (TPSA) is 73.3 Å². The summed E-state index contributed by atoms with van der Waals surface area (Å²) in [5.74, 6) is 1.16. The molecule has 0 spiro atoms. The van der Waals surface area contributed by atoms with Gasteiger partial charge in [0, 0.05) is 30.7 Å². The molecule has 1 amide bonds. The molecule has 0 aliphatic heterocycles. The molecule has 1 N–H and O–H groups in total. The summed E-state index contributed by atoms with van der Waals surface area (Å²) in [4.78, 5) is 20.3. The predicted octanol–water partition coefficient (Wildman–Crippen LogP) is 2.85. The summed E-state index contributed by atoms with van der Waals surface area (Å²) < 4.78 is 10.5. The van der Waals surface area contributed by atoms with E-state index in [-0.39, 0.29) is 12.5 Å². The second-order valence-corrected chi connectivity index (χ2v) is 5.53. The number of carbonyl (C=O) groups excluding carboxylic acids is 1. The van der Waals surface area contributed by atoms with E-state index in [1.807, 2.05) is 24.3 Å². The summed E-state index contributed by atoms with van der Waals surface area (Å²) in [5.41, 5.74) is 2.79. The standard InChI is InChI=1S/C20H19N3O3/c1-25-17-2-4-18(5-3-17)26-14-20(24)23-13-15-6-11-22-19(12-15)16-7-9-21-10-8-16/h2-12H,13-14H2,1H3,(H,23,24). The fourth-order valence-corrected chi connectivity index (χ4v) is 2.34. The molecule has 2 heterocycles. The van der Waals surface area contributed by atoms with Gasteiger partial charge >= 0.3 is 0 Å². The van der Waals surface area contributed by atoms with E-state index >= 15 is 0 Å². The van der Waals surface area contributed by atoms with Crippen molar-refractivity contribution >= 4 is 5.91 Å². The molecule has 1 aromatic carbocycles. The zero-order valence-electron chi connectivity index (χ0n) is 14.4. The number of ether oxygens (including phenoxy) is 2. The van der Waals surface area contributed by atoms with Gasteiger partial charge in [-0.3, -0.25) is 14.8 Å². The van der Waals surface area contributed by atoms with Crippen molar-refractivity contribution in [3.63, 3.8) is 0 Å². The van der Waals surface area contributed by atoms with Crippen LogP contribution in [0.4, 0.5) is 0 Å². The molecule has 132 valence electrons. The van der Waals surface area contributed by atoms with Crippen LogP contribution in [0.15, 0.2) is 67.1 Å². The lowest BCUT2D eigenvalue weighted by Crippen LogP contribution is -2.28. The molecule has 0 atom stereocenters. The maximum absolute atomic E-state index is 12.0. The van der Waals surface area contributed by atoms with Crippen LogP contribution in [0.5, 0.6) is 11.5 Å². The first-order chi connectivity index (χ1) is 12.7. The monoisotopic (exact) mass is 349 g/mol. The minimum Gasteiger partial charge on any atom is -0.497 e. The Balaban J connectivity index is 1.51. The third-order valence-electron chi connectivity index (χ3n) is 3.72. The van der Waals surface area contributed by atoms with E-state index in [2.05, 4.69) is 15.3 Å². The lowest BCUT2D eigenvalue weighted by molar-refractivity contribution is -0.123. The summed E-state index contributed by atoms with van der Waals surface area (Å²) in [6.45, 7) is 0.361. The molecule has 3 aromatic rings. The van der Waals surface area contributed by atoms with Crippen molar-refractivity contribution < 1.29 is 14.3 Å². The Morgan fingerprint density at radius 1 is 1.00 bits per heavy atom. The maximum atomic E-state index is 12.0. The molecule has 0 saturated carbocycles. The fourth-order valence-electron chi connectivity index (χ4n) is 2.34. The highest BCUT2D eigenvalue weighted by Gasteiger charge is 2.05. The van der Waals surface area contributed by atoms with Crippen molar-refractivity contribution in [3.05, 3.63) is 72.7 Å². The number of pyridine rings is 2. The van der Waals surface area contributed by atoms with E-state index in [4.69, 9.17) is 9.47 Å². The first-order valence-electron chi connectivity index (χ1n) is 8.13. The normalized spacial score (nSPS) is 10.2. The Morgan fingerprint density at radius 2 is 1.73 bits per heavy atom. The maximum Gasteiger partial charge on any atom is 0.258 e. The van der Waals surface area contributed by atoms with Gasteiger partial charge in [0.05, 0.1) is 12.8 Å². The molecule has 2 aromatic heterocycles. The van der Waals surface area contributed by atoms with Gasteiger partial charge in [-0.05, 0) is 54.1 Å². The second kappa shape index (κ2) is 8.62. The van der Waals surface area contributed by atoms with Crippen molar-refractivity contribution in [3.8, 4) is 22.8 Å². The van der Waals surface area contributed by atoms with Crippen molar-refractivity contribution in [1.29, 1.82) is 0 Å². The molecule has 0 aliphatic rings. The summed E-state index contributed by atoms with van der Waals surface area (Å²) in [7, 11) is 1.60. The van der Waals surface area contributed by atoms with Crippen molar-refractivity contribution in [2.45, 2.75) is 6.54 Å². The second-order valence-electron chi connectivity index (χ2n) is 5.53. The van der Waals surface area contributed by atoms with Gasteiger partial charge in [0.2, 0.25) is 0 Å². The largest absolute Gasteiger partial charge is 0.497 e. The average Bonchev–Trinajstić information content (AvgIpc) is 2.72. The highest BCUT2D eigenvalue weighted by atomic mass is 16.5. The van der Waals surface area contributed by atoms with Crippen LogP contribution in [-0.2, 0) is 11.3 Å². The van der Waals surface area contributed by atoms with Crippen molar-refractivity contribution in [1.82, 2.24) is 15.3 Å². The highest BCUT2D eigenvalue weighted by Crippen LogP contribution is 2.17. The summed E-state index contributed by atoms with van der Waals surface area (Å²) >= 11 is 0. The first-order valence-corrected chi connectivity index (χ1v) is 8.13. The van der Waals surface area contributed by atoms with E-state index in [0.29, 0.717) is 12.3 Å². The summed E-state index contributed by atoms with van der Waals surface area (Å²) in [6, 6.07) is 14.7. The van der Waals surface area contributed by atoms with E-state index in [1.165, 1.54) is 0 Å². The third-order valence-corrected chi connectivity index (χ3v) is 3.72. The number of hydrogen-bond acceptors (Lipinski definition) is 5. The fraction of sp³-hybridized carbons (Fsp3) is 0.150. The smallest absolute Gasteiger partial charge is 0.258 e. The highest BCUT2D eigenvalue weighted by molar-refractivity contribution is 5.77. The Kier molecular flexibility index (Phi) is 5.77. The SMILES string of the molecule is COc1ccc(OCC(=O)NCc2ccnc(-c3ccncc3)c2)cc1. The van der Waals surface area contributed by atoms with Crippen molar-refractivity contribution in [2.24, 2.45) is 0 Å². The number of nitrogens with zero attached hydrogens (tertiary/aromatic N) is 2. The van der Waals surface area contributed by atoms with Gasteiger partial charge in [-0.25, -0.2) is 0 Å². The van der Waals surface area contributed by atoms with Gasteiger partial charge in [0.1, 0.15) is 11.5 Å². The van der Waals surface area contributed by atoms with Crippen LogP contribution in [0, 0.1) is 0 Å². The predicted molar refractivity (Wildman–Crippen MR) is 97.8 cm³/mol. The van der Waals surface area contributed by atoms with Gasteiger partial charge in [0.15, 0.2) is 6.61 Å². The zero-order chi connectivity index (χ0) is 18.2.